The molecule has 5 rings (SSSR count). The van der Waals surface area contributed by atoms with Crippen LogP contribution in [0.25, 0.3) is 21.9 Å². The molecule has 0 saturated heterocycles. The number of benzene rings is 3. The van der Waals surface area contributed by atoms with E-state index in [0.717, 1.165) is 18.2 Å². The van der Waals surface area contributed by atoms with Crippen LogP contribution in [0.2, 0.25) is 5.02 Å². The van der Waals surface area contributed by atoms with Gasteiger partial charge in [-0.1, -0.05) is 41.9 Å². The van der Waals surface area contributed by atoms with Crippen molar-refractivity contribution >= 4 is 39.5 Å². The predicted octanol–water partition coefficient (Wildman–Crippen LogP) is 6.58. The molecule has 0 unspecified atom stereocenters. The van der Waals surface area contributed by atoms with E-state index in [-0.39, 0.29) is 27.5 Å². The number of hydrogen-bond acceptors (Lipinski definition) is 7. The Hall–Kier alpha value is -4.57. The van der Waals surface area contributed by atoms with E-state index < -0.39 is 45.9 Å². The zero-order chi connectivity index (χ0) is 26.3. The SMILES string of the molecule is O=C(Oc1ccc2c(=O)c(Oc3ccccc3Cl)c(C(F)(F)F)oc2c1)c1cc2ccccc2oc1=O. The Morgan fingerprint density at radius 2 is 1.59 bits per heavy atom. The van der Waals surface area contributed by atoms with Gasteiger partial charge in [0.2, 0.25) is 11.2 Å². The molecule has 11 heteroatoms. The molecule has 0 aliphatic rings. The van der Waals surface area contributed by atoms with Crippen molar-refractivity contribution < 1.29 is 36.3 Å². The molecule has 7 nitrogen and oxygen atoms in total. The number of para-hydroxylation sites is 2. The number of alkyl halides is 3. The van der Waals surface area contributed by atoms with E-state index in [1.807, 2.05) is 0 Å². The average molecular weight is 529 g/mol. The van der Waals surface area contributed by atoms with E-state index in [2.05, 4.69) is 0 Å². The molecule has 0 saturated carbocycles. The topological polar surface area (TPSA) is 96.0 Å². The summed E-state index contributed by atoms with van der Waals surface area (Å²) in [5, 5.41) is 0.162. The van der Waals surface area contributed by atoms with Gasteiger partial charge in [0, 0.05) is 11.5 Å². The maximum Gasteiger partial charge on any atom is 0.453 e. The van der Waals surface area contributed by atoms with Crippen LogP contribution in [0.5, 0.6) is 17.2 Å². The second-order valence-corrected chi connectivity index (χ2v) is 8.06. The van der Waals surface area contributed by atoms with Gasteiger partial charge in [-0.05, 0) is 36.4 Å². The molecule has 0 radical (unpaired) electrons. The molecule has 0 fully saturated rings. The fourth-order valence-electron chi connectivity index (χ4n) is 3.50. The smallest absolute Gasteiger partial charge is 0.448 e. The lowest BCUT2D eigenvalue weighted by Gasteiger charge is -2.14. The molecular formula is C26H12ClF3O7. The van der Waals surface area contributed by atoms with E-state index in [1.165, 1.54) is 30.3 Å². The highest BCUT2D eigenvalue weighted by atomic mass is 35.5. The van der Waals surface area contributed by atoms with Crippen LogP contribution in [0.1, 0.15) is 16.1 Å². The lowest BCUT2D eigenvalue weighted by Crippen LogP contribution is -2.19. The minimum Gasteiger partial charge on any atom is -0.448 e. The van der Waals surface area contributed by atoms with E-state index in [4.69, 9.17) is 29.9 Å². The number of fused-ring (bicyclic) bond motifs is 2. The van der Waals surface area contributed by atoms with Gasteiger partial charge in [-0.15, -0.1) is 0 Å². The summed E-state index contributed by atoms with van der Waals surface area (Å²) in [6, 6.07) is 16.6. The molecule has 37 heavy (non-hydrogen) atoms. The van der Waals surface area contributed by atoms with Gasteiger partial charge >= 0.3 is 17.8 Å². The third-order valence-electron chi connectivity index (χ3n) is 5.20. The molecule has 3 aromatic carbocycles. The number of hydrogen-bond donors (Lipinski definition) is 0. The Bertz CT molecular complexity index is 1810. The number of carbonyl (C=O) groups is 1. The molecule has 0 amide bonds. The van der Waals surface area contributed by atoms with Crippen molar-refractivity contribution in [1.82, 2.24) is 0 Å². The normalized spacial score (nSPS) is 11.6. The van der Waals surface area contributed by atoms with Crippen LogP contribution < -0.4 is 20.5 Å². The van der Waals surface area contributed by atoms with Crippen LogP contribution in [0, 0.1) is 0 Å². The molecule has 0 N–H and O–H groups in total. The molecule has 0 aliphatic carbocycles. The van der Waals surface area contributed by atoms with E-state index in [1.54, 1.807) is 24.3 Å². The molecule has 5 aromatic rings. The monoisotopic (exact) mass is 528 g/mol. The van der Waals surface area contributed by atoms with Crippen molar-refractivity contribution in [3.05, 3.63) is 110 Å². The van der Waals surface area contributed by atoms with Crippen LogP contribution in [0.4, 0.5) is 13.2 Å². The van der Waals surface area contributed by atoms with Gasteiger partial charge in [0.1, 0.15) is 28.2 Å². The van der Waals surface area contributed by atoms with Crippen molar-refractivity contribution in [2.24, 2.45) is 0 Å². The number of carbonyl (C=O) groups excluding carboxylic acids is 1. The largest absolute Gasteiger partial charge is 0.453 e. The second kappa shape index (κ2) is 9.14. The Morgan fingerprint density at radius 3 is 2.35 bits per heavy atom. The maximum absolute atomic E-state index is 13.8. The maximum atomic E-state index is 13.8. The summed E-state index contributed by atoms with van der Waals surface area (Å²) >= 11 is 5.96. The first-order chi connectivity index (χ1) is 17.6. The van der Waals surface area contributed by atoms with Gasteiger partial charge in [-0.2, -0.15) is 13.2 Å². The van der Waals surface area contributed by atoms with Gasteiger partial charge in [-0.3, -0.25) is 4.79 Å². The first-order valence-electron chi connectivity index (χ1n) is 10.5. The molecule has 0 aliphatic heterocycles. The van der Waals surface area contributed by atoms with Gasteiger partial charge in [0.25, 0.3) is 5.76 Å². The van der Waals surface area contributed by atoms with Gasteiger partial charge < -0.3 is 18.3 Å². The molecular weight excluding hydrogens is 517 g/mol. The van der Waals surface area contributed by atoms with Gasteiger partial charge in [0.15, 0.2) is 0 Å². The lowest BCUT2D eigenvalue weighted by atomic mass is 10.2. The van der Waals surface area contributed by atoms with Gasteiger partial charge in [0.05, 0.1) is 10.4 Å². The number of ether oxygens (including phenoxy) is 2. The zero-order valence-corrected chi connectivity index (χ0v) is 19.1. The third kappa shape index (κ3) is 4.66. The summed E-state index contributed by atoms with van der Waals surface area (Å²) < 4.78 is 61.8. The van der Waals surface area contributed by atoms with Crippen molar-refractivity contribution in [2.75, 3.05) is 0 Å². The lowest BCUT2D eigenvalue weighted by molar-refractivity contribution is -0.154. The summed E-state index contributed by atoms with van der Waals surface area (Å²) in [7, 11) is 0. The fourth-order valence-corrected chi connectivity index (χ4v) is 3.68. The quantitative estimate of drug-likeness (QED) is 0.148. The van der Waals surface area contributed by atoms with E-state index in [9.17, 15) is 27.6 Å². The summed E-state index contributed by atoms with van der Waals surface area (Å²) in [5.41, 5.74) is -2.79. The van der Waals surface area contributed by atoms with Crippen molar-refractivity contribution in [2.45, 2.75) is 6.18 Å². The second-order valence-electron chi connectivity index (χ2n) is 7.65. The van der Waals surface area contributed by atoms with E-state index >= 15 is 0 Å². The van der Waals surface area contributed by atoms with Crippen molar-refractivity contribution in [1.29, 1.82) is 0 Å². The molecule has 2 aromatic heterocycles. The van der Waals surface area contributed by atoms with Crippen LogP contribution in [-0.2, 0) is 6.18 Å². The number of halogens is 4. The highest BCUT2D eigenvalue weighted by Gasteiger charge is 2.40. The molecule has 0 spiro atoms. The first kappa shape index (κ1) is 24.1. The van der Waals surface area contributed by atoms with E-state index in [0.29, 0.717) is 5.39 Å². The Kier molecular flexibility index (Phi) is 5.96. The highest BCUT2D eigenvalue weighted by Crippen LogP contribution is 2.39. The third-order valence-corrected chi connectivity index (χ3v) is 5.51. The van der Waals surface area contributed by atoms with Crippen LogP contribution >= 0.6 is 11.6 Å². The summed E-state index contributed by atoms with van der Waals surface area (Å²) in [6.45, 7) is 0. The zero-order valence-electron chi connectivity index (χ0n) is 18.3. The summed E-state index contributed by atoms with van der Waals surface area (Å²) in [5.74, 6) is -4.38. The van der Waals surface area contributed by atoms with Crippen molar-refractivity contribution in [3.63, 3.8) is 0 Å². The van der Waals surface area contributed by atoms with Crippen molar-refractivity contribution in [3.8, 4) is 17.2 Å². The fraction of sp³-hybridized carbons (Fsp3) is 0.0385. The molecule has 0 bridgehead atoms. The standard InChI is InChI=1S/C26H12ClF3O7/c27-17-6-2-4-8-19(17)35-22-21(31)15-10-9-14(12-20(15)36-23(22)26(28,29)30)34-24(32)16-11-13-5-1-3-7-18(13)37-25(16)33/h1-12H. The van der Waals surface area contributed by atoms with Crippen LogP contribution in [-0.4, -0.2) is 5.97 Å². The highest BCUT2D eigenvalue weighted by molar-refractivity contribution is 6.32. The predicted molar refractivity (Wildman–Crippen MR) is 126 cm³/mol. The summed E-state index contributed by atoms with van der Waals surface area (Å²) in [6.07, 6.45) is -5.11. The number of rotatable bonds is 4. The van der Waals surface area contributed by atoms with Crippen LogP contribution in [0.3, 0.4) is 0 Å². The average Bonchev–Trinajstić information content (AvgIpc) is 2.85. The molecule has 186 valence electrons. The molecule has 0 atom stereocenters. The minimum absolute atomic E-state index is 0.0180. The Balaban J connectivity index is 1.55. The Morgan fingerprint density at radius 1 is 0.865 bits per heavy atom. The van der Waals surface area contributed by atoms with Gasteiger partial charge in [-0.25, -0.2) is 9.59 Å². The van der Waals surface area contributed by atoms with Crippen LogP contribution in [0.15, 0.2) is 91.2 Å². The Labute approximate surface area is 209 Å². The minimum atomic E-state index is -5.11. The molecule has 2 heterocycles. The number of esters is 1. The first-order valence-corrected chi connectivity index (χ1v) is 10.8. The summed E-state index contributed by atoms with van der Waals surface area (Å²) in [4.78, 5) is 37.8.